The van der Waals surface area contributed by atoms with Gasteiger partial charge >= 0.3 is 39.5 Å². The molecule has 0 spiro atoms. The van der Waals surface area contributed by atoms with Gasteiger partial charge in [-0.25, -0.2) is 9.13 Å². The minimum Gasteiger partial charge on any atom is -0.462 e. The van der Waals surface area contributed by atoms with Crippen LogP contribution >= 0.6 is 15.6 Å². The lowest BCUT2D eigenvalue weighted by Gasteiger charge is -2.21. The summed E-state index contributed by atoms with van der Waals surface area (Å²) in [5, 5.41) is 10.7. The van der Waals surface area contributed by atoms with E-state index in [1.165, 1.54) is 283 Å². The molecule has 0 saturated heterocycles. The number of carbonyl (C=O) groups excluding carboxylic acids is 4. The smallest absolute Gasteiger partial charge is 0.462 e. The molecule has 0 aliphatic rings. The van der Waals surface area contributed by atoms with Crippen LogP contribution in [0.2, 0.25) is 0 Å². The second-order valence-corrected chi connectivity index (χ2v) is 34.3. The van der Waals surface area contributed by atoms with Gasteiger partial charge in [0.2, 0.25) is 0 Å². The number of unbranched alkanes of at least 4 members (excludes halogenated alkanes) is 58. The Labute approximate surface area is 645 Å². The fraction of sp³-hybridized carbons (Fsp3) is 0.953. The van der Waals surface area contributed by atoms with Gasteiger partial charge in [0, 0.05) is 25.7 Å². The van der Waals surface area contributed by atoms with Crippen molar-refractivity contribution in [3.63, 3.8) is 0 Å². The molecule has 0 aliphatic carbocycles. The topological polar surface area (TPSA) is 237 Å². The minimum absolute atomic E-state index is 0.108. The third-order valence-corrected chi connectivity index (χ3v) is 22.2. The van der Waals surface area contributed by atoms with Gasteiger partial charge in [-0.15, -0.1) is 0 Å². The number of esters is 4. The van der Waals surface area contributed by atoms with Gasteiger partial charge in [0.1, 0.15) is 19.3 Å². The van der Waals surface area contributed by atoms with Crippen LogP contribution in [-0.2, 0) is 65.4 Å². The molecule has 0 rings (SSSR count). The lowest BCUT2D eigenvalue weighted by Crippen LogP contribution is -2.30. The van der Waals surface area contributed by atoms with Crippen LogP contribution in [0.1, 0.15) is 465 Å². The predicted molar refractivity (Wildman–Crippen MR) is 432 cm³/mol. The van der Waals surface area contributed by atoms with Crippen molar-refractivity contribution in [2.75, 3.05) is 39.6 Å². The van der Waals surface area contributed by atoms with E-state index in [2.05, 4.69) is 34.6 Å². The van der Waals surface area contributed by atoms with Crippen LogP contribution in [-0.4, -0.2) is 96.7 Å². The molecule has 0 fully saturated rings. The molecule has 0 aliphatic heterocycles. The van der Waals surface area contributed by atoms with Crippen molar-refractivity contribution in [3.05, 3.63) is 0 Å². The standard InChI is InChI=1S/C86H168O17P2/c1-6-9-12-15-18-21-24-27-30-33-35-37-39-42-44-47-50-53-59-64-69-83(88)96-75-81(102-85(90)71-67-62-55-52-49-46-43-40-38-36-34-31-28-25-22-19-16-13-10-7-2)77-100-104(92,93)98-73-80(87)74-99-105(94,95)101-78-82(76-97-84(89)70-65-60-57-56-58-63-68-79(4)5)103-86(91)72-66-61-54-51-48-45-41-32-29-26-23-20-17-14-11-8-3/h79-82,87H,6-78H2,1-5H3,(H,92,93)(H,94,95)/t80-,81-,82-/m1/s1. The summed E-state index contributed by atoms with van der Waals surface area (Å²) in [7, 11) is -9.92. The molecule has 0 radical (unpaired) electrons. The van der Waals surface area contributed by atoms with E-state index in [-0.39, 0.29) is 25.7 Å². The van der Waals surface area contributed by atoms with Crippen LogP contribution in [0.3, 0.4) is 0 Å². The second kappa shape index (κ2) is 78.7. The summed E-state index contributed by atoms with van der Waals surface area (Å²) in [6.45, 7) is 7.28. The molecule has 0 heterocycles. The van der Waals surface area contributed by atoms with Gasteiger partial charge in [-0.2, -0.15) is 0 Å². The zero-order valence-electron chi connectivity index (χ0n) is 68.9. The molecule has 5 atom stereocenters. The van der Waals surface area contributed by atoms with E-state index in [4.69, 9.17) is 37.0 Å². The Hall–Kier alpha value is -1.94. The highest BCUT2D eigenvalue weighted by atomic mass is 31.2. The summed E-state index contributed by atoms with van der Waals surface area (Å²) >= 11 is 0. The van der Waals surface area contributed by atoms with Gasteiger partial charge in [0.15, 0.2) is 12.2 Å². The summed E-state index contributed by atoms with van der Waals surface area (Å²) in [5.41, 5.74) is 0. The second-order valence-electron chi connectivity index (χ2n) is 31.4. The van der Waals surface area contributed by atoms with Crippen molar-refractivity contribution >= 4 is 39.5 Å². The van der Waals surface area contributed by atoms with Crippen LogP contribution < -0.4 is 0 Å². The van der Waals surface area contributed by atoms with Gasteiger partial charge in [-0.05, 0) is 31.6 Å². The number of phosphoric ester groups is 2. The highest BCUT2D eigenvalue weighted by molar-refractivity contribution is 7.47. The zero-order chi connectivity index (χ0) is 76.9. The first-order chi connectivity index (χ1) is 51.0. The van der Waals surface area contributed by atoms with Gasteiger partial charge < -0.3 is 33.8 Å². The van der Waals surface area contributed by atoms with Crippen LogP contribution in [0.5, 0.6) is 0 Å². The van der Waals surface area contributed by atoms with Gasteiger partial charge in [0.05, 0.1) is 26.4 Å². The quantitative estimate of drug-likeness (QED) is 0.0222. The highest BCUT2D eigenvalue weighted by Crippen LogP contribution is 2.45. The first-order valence-corrected chi connectivity index (χ1v) is 47.6. The van der Waals surface area contributed by atoms with Crippen LogP contribution in [0.15, 0.2) is 0 Å². The lowest BCUT2D eigenvalue weighted by molar-refractivity contribution is -0.161. The van der Waals surface area contributed by atoms with E-state index in [9.17, 15) is 43.2 Å². The van der Waals surface area contributed by atoms with E-state index >= 15 is 0 Å². The van der Waals surface area contributed by atoms with Crippen LogP contribution in [0, 0.1) is 5.92 Å². The van der Waals surface area contributed by atoms with Crippen LogP contribution in [0.4, 0.5) is 0 Å². The predicted octanol–water partition coefficient (Wildman–Crippen LogP) is 26.4. The maximum atomic E-state index is 13.1. The van der Waals surface area contributed by atoms with Gasteiger partial charge in [-0.3, -0.25) is 37.3 Å². The number of hydrogen-bond donors (Lipinski definition) is 3. The van der Waals surface area contributed by atoms with Crippen LogP contribution in [0.25, 0.3) is 0 Å². The Morgan fingerprint density at radius 1 is 0.257 bits per heavy atom. The molecule has 0 saturated carbocycles. The molecular formula is C86H168O17P2. The fourth-order valence-electron chi connectivity index (χ4n) is 13.5. The number of carbonyl (C=O) groups is 4. The largest absolute Gasteiger partial charge is 0.472 e. The first kappa shape index (κ1) is 103. The molecule has 105 heavy (non-hydrogen) atoms. The number of phosphoric acid groups is 2. The van der Waals surface area contributed by atoms with Gasteiger partial charge in [0.25, 0.3) is 0 Å². The number of aliphatic hydroxyl groups excluding tert-OH is 1. The maximum absolute atomic E-state index is 13.1. The summed E-state index contributed by atoms with van der Waals surface area (Å²) < 4.78 is 68.8. The normalized spacial score (nSPS) is 13.8. The molecule has 0 aromatic rings. The minimum atomic E-state index is -4.97. The van der Waals surface area contributed by atoms with E-state index in [1.54, 1.807) is 0 Å². The van der Waals surface area contributed by atoms with Crippen molar-refractivity contribution in [2.45, 2.75) is 483 Å². The highest BCUT2D eigenvalue weighted by Gasteiger charge is 2.30. The van der Waals surface area contributed by atoms with E-state index in [0.717, 1.165) is 96.3 Å². The molecule has 19 heteroatoms. The third-order valence-electron chi connectivity index (χ3n) is 20.3. The summed E-state index contributed by atoms with van der Waals surface area (Å²) in [6, 6.07) is 0. The Balaban J connectivity index is 5.20. The Bertz CT molecular complexity index is 2000. The number of hydrogen-bond acceptors (Lipinski definition) is 15. The average Bonchev–Trinajstić information content (AvgIpc) is 0.927. The summed E-state index contributed by atoms with van der Waals surface area (Å²) in [6.07, 6.45) is 72.5. The molecule has 17 nitrogen and oxygen atoms in total. The molecule has 624 valence electrons. The van der Waals surface area contributed by atoms with E-state index in [1.807, 2.05) is 0 Å². The van der Waals surface area contributed by atoms with Crippen molar-refractivity contribution in [3.8, 4) is 0 Å². The van der Waals surface area contributed by atoms with Crippen molar-refractivity contribution in [2.24, 2.45) is 5.92 Å². The number of rotatable bonds is 86. The molecular weight excluding hydrogens is 1370 g/mol. The lowest BCUT2D eigenvalue weighted by atomic mass is 10.0. The van der Waals surface area contributed by atoms with Crippen molar-refractivity contribution in [1.82, 2.24) is 0 Å². The summed E-state index contributed by atoms with van der Waals surface area (Å²) in [4.78, 5) is 73.2. The Kier molecular flexibility index (Phi) is 77.3. The third kappa shape index (κ3) is 79.9. The van der Waals surface area contributed by atoms with Crippen molar-refractivity contribution < 1.29 is 80.2 Å². The maximum Gasteiger partial charge on any atom is 0.472 e. The van der Waals surface area contributed by atoms with E-state index in [0.29, 0.717) is 31.6 Å². The Morgan fingerprint density at radius 3 is 0.648 bits per heavy atom. The molecule has 0 aromatic heterocycles. The molecule has 3 N–H and O–H groups in total. The molecule has 0 amide bonds. The van der Waals surface area contributed by atoms with E-state index < -0.39 is 97.5 Å². The monoisotopic (exact) mass is 1540 g/mol. The van der Waals surface area contributed by atoms with Crippen molar-refractivity contribution in [1.29, 1.82) is 0 Å². The molecule has 2 unspecified atom stereocenters. The number of ether oxygens (including phenoxy) is 4. The SMILES string of the molecule is CCCCCCCCCCCCCCCCCCCCCCC(=O)OC[C@H](COP(=O)(O)OC[C@@H](O)COP(=O)(O)OC[C@@H](COC(=O)CCCCCCCCC(C)C)OC(=O)CCCCCCCCCCCCCCCCCC)OC(=O)CCCCCCCCCCCCCCCCCCCCCC. The first-order valence-electron chi connectivity index (χ1n) is 44.6. The zero-order valence-corrected chi connectivity index (χ0v) is 70.7. The average molecular weight is 1540 g/mol. The molecule has 0 aromatic carbocycles. The number of aliphatic hydroxyl groups is 1. The van der Waals surface area contributed by atoms with Gasteiger partial charge in [-0.1, -0.05) is 413 Å². The summed E-state index contributed by atoms with van der Waals surface area (Å²) in [5.74, 6) is -1.42. The Morgan fingerprint density at radius 2 is 0.438 bits per heavy atom. The molecule has 0 bridgehead atoms. The fourth-order valence-corrected chi connectivity index (χ4v) is 15.1.